The molecular formula is C10H10N2O2S. The lowest BCUT2D eigenvalue weighted by molar-refractivity contribution is -0.358. The highest BCUT2D eigenvalue weighted by atomic mass is 32.1. The third-order valence-electron chi connectivity index (χ3n) is 1.92. The van der Waals surface area contributed by atoms with Crippen LogP contribution in [0.25, 0.3) is 10.6 Å². The van der Waals surface area contributed by atoms with Crippen LogP contribution in [0.15, 0.2) is 35.6 Å². The molecule has 2 aromatic rings. The van der Waals surface area contributed by atoms with Crippen LogP contribution in [-0.2, 0) is 0 Å². The van der Waals surface area contributed by atoms with E-state index in [1.54, 1.807) is 23.5 Å². The molecule has 15 heavy (non-hydrogen) atoms. The van der Waals surface area contributed by atoms with Gasteiger partial charge in [-0.15, -0.1) is 4.91 Å². The van der Waals surface area contributed by atoms with Crippen LogP contribution in [0.5, 0.6) is 0 Å². The zero-order chi connectivity index (χ0) is 9.97. The lowest BCUT2D eigenvalue weighted by Crippen LogP contribution is -1.97. The second-order valence-electron chi connectivity index (χ2n) is 2.94. The normalized spacial score (nSPS) is 9.40. The first-order chi connectivity index (χ1) is 6.81. The van der Waals surface area contributed by atoms with Gasteiger partial charge in [-0.25, -0.2) is 4.98 Å². The minimum absolute atomic E-state index is 0. The molecule has 0 saturated carbocycles. The molecule has 2 N–H and O–H groups in total. The fourth-order valence-electron chi connectivity index (χ4n) is 1.27. The number of nitrogens with zero attached hydrogens (tertiary/aromatic N) is 1. The van der Waals surface area contributed by atoms with Crippen LogP contribution in [0, 0.1) is 11.8 Å². The lowest BCUT2D eigenvalue weighted by atomic mass is 10.2. The molecule has 0 atom stereocenters. The molecule has 0 spiro atoms. The van der Waals surface area contributed by atoms with Crippen molar-refractivity contribution in [3.63, 3.8) is 0 Å². The summed E-state index contributed by atoms with van der Waals surface area (Å²) in [7, 11) is 0. The molecule has 2 rings (SSSR count). The Hall–Kier alpha value is -1.59. The molecule has 0 saturated heterocycles. The van der Waals surface area contributed by atoms with E-state index < -0.39 is 0 Å². The van der Waals surface area contributed by atoms with E-state index in [1.165, 1.54) is 4.88 Å². The van der Waals surface area contributed by atoms with Gasteiger partial charge >= 0.3 is 0 Å². The van der Waals surface area contributed by atoms with Crippen molar-refractivity contribution in [3.8, 4) is 10.6 Å². The number of aromatic nitrogens is 1. The van der Waals surface area contributed by atoms with E-state index >= 15 is 0 Å². The molecule has 78 valence electrons. The summed E-state index contributed by atoms with van der Waals surface area (Å²) < 4.78 is 0. The summed E-state index contributed by atoms with van der Waals surface area (Å²) in [6, 6.07) is 7.30. The summed E-state index contributed by atoms with van der Waals surface area (Å²) >= 11 is 1.62. The quantitative estimate of drug-likeness (QED) is 0.733. The SMILES string of the molecule is Cc1c[nH+]c(-c2ccccc2N=O)s1.[OH-]. The molecular weight excluding hydrogens is 212 g/mol. The van der Waals surface area contributed by atoms with Gasteiger partial charge in [0.25, 0.3) is 5.01 Å². The van der Waals surface area contributed by atoms with Crippen molar-refractivity contribution in [3.05, 3.63) is 40.2 Å². The summed E-state index contributed by atoms with van der Waals surface area (Å²) in [6.07, 6.45) is 1.92. The number of H-pyrrole nitrogens is 1. The van der Waals surface area contributed by atoms with Crippen LogP contribution in [-0.4, -0.2) is 5.48 Å². The van der Waals surface area contributed by atoms with E-state index in [1.807, 2.05) is 25.3 Å². The van der Waals surface area contributed by atoms with Gasteiger partial charge in [0, 0.05) is 0 Å². The Morgan fingerprint density at radius 1 is 1.33 bits per heavy atom. The zero-order valence-corrected chi connectivity index (χ0v) is 8.91. The average molecular weight is 222 g/mol. The fourth-order valence-corrected chi connectivity index (χ4v) is 2.11. The second kappa shape index (κ2) is 4.77. The Bertz CT molecular complexity index is 468. The molecule has 0 radical (unpaired) electrons. The largest absolute Gasteiger partial charge is 0.870 e. The predicted octanol–water partition coefficient (Wildman–Crippen LogP) is 2.76. The Balaban J connectivity index is 0.00000112. The number of benzene rings is 1. The monoisotopic (exact) mass is 222 g/mol. The minimum Gasteiger partial charge on any atom is -0.870 e. The highest BCUT2D eigenvalue weighted by molar-refractivity contribution is 7.14. The van der Waals surface area contributed by atoms with E-state index in [4.69, 9.17) is 0 Å². The second-order valence-corrected chi connectivity index (χ2v) is 4.20. The topological polar surface area (TPSA) is 73.6 Å². The van der Waals surface area contributed by atoms with E-state index in [0.717, 1.165) is 10.6 Å². The van der Waals surface area contributed by atoms with Gasteiger partial charge in [-0.05, 0) is 24.2 Å². The van der Waals surface area contributed by atoms with Crippen LogP contribution in [0.2, 0.25) is 0 Å². The minimum atomic E-state index is 0. The smallest absolute Gasteiger partial charge is 0.269 e. The van der Waals surface area contributed by atoms with Crippen molar-refractivity contribution in [1.29, 1.82) is 0 Å². The maximum absolute atomic E-state index is 10.5. The first-order valence-electron chi connectivity index (χ1n) is 4.22. The Labute approximate surface area is 90.9 Å². The number of aromatic amines is 1. The van der Waals surface area contributed by atoms with Crippen molar-refractivity contribution < 1.29 is 10.5 Å². The van der Waals surface area contributed by atoms with Gasteiger partial charge in [0.1, 0.15) is 5.69 Å². The fraction of sp³-hybridized carbons (Fsp3) is 0.100. The average Bonchev–Trinajstić information content (AvgIpc) is 2.65. The van der Waals surface area contributed by atoms with E-state index in [9.17, 15) is 4.91 Å². The molecule has 0 aliphatic heterocycles. The van der Waals surface area contributed by atoms with Crippen molar-refractivity contribution >= 4 is 17.0 Å². The molecule has 1 heterocycles. The van der Waals surface area contributed by atoms with Crippen LogP contribution in [0.1, 0.15) is 4.88 Å². The molecule has 0 aliphatic rings. The highest BCUT2D eigenvalue weighted by Gasteiger charge is 2.13. The standard InChI is InChI=1S/C10H8N2OS.H2O/c1-7-6-11-10(14-7)8-4-2-3-5-9(8)12-13;/h2-6H,1H3;1H2. The maximum Gasteiger partial charge on any atom is 0.269 e. The summed E-state index contributed by atoms with van der Waals surface area (Å²) in [4.78, 5) is 14.8. The molecule has 0 aliphatic carbocycles. The molecule has 0 bridgehead atoms. The van der Waals surface area contributed by atoms with E-state index in [0.29, 0.717) is 5.69 Å². The van der Waals surface area contributed by atoms with Gasteiger partial charge in [-0.3, -0.25) is 0 Å². The van der Waals surface area contributed by atoms with Gasteiger partial charge < -0.3 is 5.48 Å². The third kappa shape index (κ3) is 2.26. The number of hydrogen-bond acceptors (Lipinski definition) is 4. The molecule has 4 nitrogen and oxygen atoms in total. The van der Waals surface area contributed by atoms with Crippen LogP contribution in [0.4, 0.5) is 5.69 Å². The summed E-state index contributed by atoms with van der Waals surface area (Å²) in [5.41, 5.74) is 1.34. The van der Waals surface area contributed by atoms with Gasteiger partial charge in [0.15, 0.2) is 6.20 Å². The van der Waals surface area contributed by atoms with E-state index in [2.05, 4.69) is 10.2 Å². The number of rotatable bonds is 2. The number of nitrogens with one attached hydrogen (secondary N) is 1. The summed E-state index contributed by atoms with van der Waals surface area (Å²) in [6.45, 7) is 2.02. The third-order valence-corrected chi connectivity index (χ3v) is 2.90. The Morgan fingerprint density at radius 3 is 2.67 bits per heavy atom. The van der Waals surface area contributed by atoms with E-state index in [-0.39, 0.29) is 5.48 Å². The number of nitroso groups, excluding NO2 is 1. The number of aryl methyl sites for hydroxylation is 1. The lowest BCUT2D eigenvalue weighted by Gasteiger charge is -1.93. The number of hydrogen-bond donors (Lipinski definition) is 0. The van der Waals surface area contributed by atoms with Crippen LogP contribution in [0.3, 0.4) is 0 Å². The van der Waals surface area contributed by atoms with Crippen LogP contribution >= 0.6 is 11.3 Å². The summed E-state index contributed by atoms with van der Waals surface area (Å²) in [5, 5.41) is 3.96. The van der Waals surface area contributed by atoms with Crippen molar-refractivity contribution in [2.75, 3.05) is 0 Å². The molecule has 1 aromatic heterocycles. The van der Waals surface area contributed by atoms with Crippen LogP contribution < -0.4 is 4.98 Å². The van der Waals surface area contributed by atoms with Crippen molar-refractivity contribution in [2.45, 2.75) is 6.92 Å². The first kappa shape index (κ1) is 11.5. The van der Waals surface area contributed by atoms with Gasteiger partial charge in [-0.1, -0.05) is 23.5 Å². The van der Waals surface area contributed by atoms with Crippen molar-refractivity contribution in [2.24, 2.45) is 5.18 Å². The predicted molar refractivity (Wildman–Crippen MR) is 58.4 cm³/mol. The maximum atomic E-state index is 10.5. The Kier molecular flexibility index (Phi) is 3.65. The molecule has 0 amide bonds. The molecule has 0 unspecified atom stereocenters. The number of thiazole rings is 1. The highest BCUT2D eigenvalue weighted by Crippen LogP contribution is 2.30. The van der Waals surface area contributed by atoms with Gasteiger partial charge in [0.2, 0.25) is 0 Å². The molecule has 0 fully saturated rings. The Morgan fingerprint density at radius 2 is 2.07 bits per heavy atom. The summed E-state index contributed by atoms with van der Waals surface area (Å²) in [5.74, 6) is 0. The van der Waals surface area contributed by atoms with Crippen molar-refractivity contribution in [1.82, 2.24) is 0 Å². The molecule has 5 heteroatoms. The first-order valence-corrected chi connectivity index (χ1v) is 5.04. The molecule has 1 aromatic carbocycles. The zero-order valence-electron chi connectivity index (χ0n) is 8.10. The van der Waals surface area contributed by atoms with Gasteiger partial charge in [0.05, 0.1) is 10.4 Å². The van der Waals surface area contributed by atoms with Gasteiger partial charge in [-0.2, -0.15) is 0 Å².